The summed E-state index contributed by atoms with van der Waals surface area (Å²) in [6, 6.07) is 17.2. The predicted molar refractivity (Wildman–Crippen MR) is 92.1 cm³/mol. The van der Waals surface area contributed by atoms with E-state index in [0.29, 0.717) is 5.95 Å². The Morgan fingerprint density at radius 1 is 1.09 bits per heavy atom. The zero-order valence-electron chi connectivity index (χ0n) is 12.6. The van der Waals surface area contributed by atoms with Crippen LogP contribution >= 0.6 is 11.8 Å². The van der Waals surface area contributed by atoms with Crippen molar-refractivity contribution in [3.63, 3.8) is 0 Å². The van der Waals surface area contributed by atoms with E-state index in [1.165, 1.54) is 20.9 Å². The number of aryl methyl sites for hydroxylation is 3. The quantitative estimate of drug-likeness (QED) is 0.769. The second-order valence-electron chi connectivity index (χ2n) is 5.25. The van der Waals surface area contributed by atoms with Gasteiger partial charge in [-0.1, -0.05) is 47.7 Å². The van der Waals surface area contributed by atoms with Crippen molar-refractivity contribution in [1.29, 1.82) is 0 Å². The highest BCUT2D eigenvalue weighted by Crippen LogP contribution is 2.31. The molecule has 0 aliphatic heterocycles. The molecule has 2 aromatic carbocycles. The van der Waals surface area contributed by atoms with Crippen molar-refractivity contribution in [2.45, 2.75) is 29.7 Å². The summed E-state index contributed by atoms with van der Waals surface area (Å²) >= 11 is 1.81. The van der Waals surface area contributed by atoms with Crippen LogP contribution in [0.3, 0.4) is 0 Å². The number of aromatic nitrogens is 2. The highest BCUT2D eigenvalue weighted by Gasteiger charge is 2.05. The van der Waals surface area contributed by atoms with Crippen molar-refractivity contribution in [3.05, 3.63) is 72.1 Å². The fourth-order valence-electron chi connectivity index (χ4n) is 2.31. The number of nitrogen functional groups attached to an aromatic ring is 1. The molecule has 1 aromatic heterocycles. The van der Waals surface area contributed by atoms with Crippen LogP contribution in [-0.2, 0) is 13.0 Å². The van der Waals surface area contributed by atoms with Crippen LogP contribution in [-0.4, -0.2) is 9.55 Å². The molecule has 0 radical (unpaired) electrons. The molecule has 0 unspecified atom stereocenters. The molecule has 0 aliphatic carbocycles. The van der Waals surface area contributed by atoms with E-state index < -0.39 is 0 Å². The van der Waals surface area contributed by atoms with Gasteiger partial charge in [0.15, 0.2) is 5.95 Å². The van der Waals surface area contributed by atoms with Crippen molar-refractivity contribution in [1.82, 2.24) is 9.55 Å². The number of hydrogen-bond donors (Lipinski definition) is 1. The van der Waals surface area contributed by atoms with Gasteiger partial charge in [0, 0.05) is 28.7 Å². The summed E-state index contributed by atoms with van der Waals surface area (Å²) in [6.45, 7) is 2.95. The molecule has 0 fully saturated rings. The van der Waals surface area contributed by atoms with Crippen LogP contribution in [0.4, 0.5) is 5.95 Å². The van der Waals surface area contributed by atoms with Crippen molar-refractivity contribution in [3.8, 4) is 0 Å². The Labute approximate surface area is 135 Å². The zero-order chi connectivity index (χ0) is 15.4. The first-order valence-electron chi connectivity index (χ1n) is 7.31. The summed E-state index contributed by atoms with van der Waals surface area (Å²) in [5.74, 6) is 0.573. The van der Waals surface area contributed by atoms with Gasteiger partial charge in [0.05, 0.1) is 0 Å². The van der Waals surface area contributed by atoms with Gasteiger partial charge in [0.25, 0.3) is 0 Å². The first-order valence-corrected chi connectivity index (χ1v) is 8.13. The molecule has 0 saturated heterocycles. The van der Waals surface area contributed by atoms with Crippen molar-refractivity contribution >= 4 is 17.7 Å². The van der Waals surface area contributed by atoms with Crippen LogP contribution in [0, 0.1) is 6.92 Å². The van der Waals surface area contributed by atoms with Crippen LogP contribution in [0.15, 0.2) is 70.7 Å². The third-order valence-electron chi connectivity index (χ3n) is 3.59. The lowest BCUT2D eigenvalue weighted by atomic mass is 10.1. The van der Waals surface area contributed by atoms with Crippen LogP contribution in [0.1, 0.15) is 11.1 Å². The molecule has 3 rings (SSSR count). The number of rotatable bonds is 5. The summed E-state index contributed by atoms with van der Waals surface area (Å²) in [7, 11) is 0. The van der Waals surface area contributed by atoms with Crippen molar-refractivity contribution < 1.29 is 0 Å². The van der Waals surface area contributed by atoms with Gasteiger partial charge in [-0.3, -0.25) is 0 Å². The van der Waals surface area contributed by atoms with Crippen molar-refractivity contribution in [2.24, 2.45) is 0 Å². The van der Waals surface area contributed by atoms with E-state index in [4.69, 9.17) is 5.73 Å². The molecule has 0 bridgehead atoms. The van der Waals surface area contributed by atoms with E-state index in [1.54, 1.807) is 6.20 Å². The number of hydrogen-bond acceptors (Lipinski definition) is 3. The van der Waals surface area contributed by atoms with Crippen molar-refractivity contribution in [2.75, 3.05) is 5.73 Å². The van der Waals surface area contributed by atoms with Gasteiger partial charge < -0.3 is 10.3 Å². The summed E-state index contributed by atoms with van der Waals surface area (Å²) in [5, 5.41) is 0. The lowest BCUT2D eigenvalue weighted by Crippen LogP contribution is -2.05. The monoisotopic (exact) mass is 309 g/mol. The Morgan fingerprint density at radius 3 is 2.59 bits per heavy atom. The van der Waals surface area contributed by atoms with Gasteiger partial charge in [-0.25, -0.2) is 4.98 Å². The standard InChI is InChI=1S/C18H19N3S/c1-14-6-8-16(9-7-14)22-17-5-3-2-4-15(17)10-12-21-13-11-20-18(21)19/h2-9,11,13H,10,12H2,1H3,(H2,19,20). The minimum absolute atomic E-state index is 0.573. The maximum absolute atomic E-state index is 5.83. The molecule has 3 nitrogen and oxygen atoms in total. The van der Waals surface area contributed by atoms with Gasteiger partial charge in [-0.15, -0.1) is 0 Å². The van der Waals surface area contributed by atoms with Gasteiger partial charge in [-0.2, -0.15) is 0 Å². The average molecular weight is 309 g/mol. The summed E-state index contributed by atoms with van der Waals surface area (Å²) in [4.78, 5) is 6.62. The molecule has 0 atom stereocenters. The van der Waals surface area contributed by atoms with E-state index in [2.05, 4.69) is 60.4 Å². The van der Waals surface area contributed by atoms with Gasteiger partial charge >= 0.3 is 0 Å². The fraction of sp³-hybridized carbons (Fsp3) is 0.167. The molecule has 3 aromatic rings. The fourth-order valence-corrected chi connectivity index (χ4v) is 3.29. The molecule has 4 heteroatoms. The lowest BCUT2D eigenvalue weighted by molar-refractivity contribution is 0.699. The van der Waals surface area contributed by atoms with E-state index in [-0.39, 0.29) is 0 Å². The molecular formula is C18H19N3S. The molecule has 112 valence electrons. The van der Waals surface area contributed by atoms with Gasteiger partial charge in [0.1, 0.15) is 0 Å². The minimum atomic E-state index is 0.573. The van der Waals surface area contributed by atoms with Crippen LogP contribution < -0.4 is 5.73 Å². The second-order valence-corrected chi connectivity index (χ2v) is 6.37. The number of benzene rings is 2. The average Bonchev–Trinajstić information content (AvgIpc) is 2.94. The first kappa shape index (κ1) is 14.7. The molecule has 2 N–H and O–H groups in total. The van der Waals surface area contributed by atoms with Gasteiger partial charge in [-0.05, 0) is 37.1 Å². The number of anilines is 1. The number of nitrogens with zero attached hydrogens (tertiary/aromatic N) is 2. The first-order chi connectivity index (χ1) is 10.7. The van der Waals surface area contributed by atoms with Crippen LogP contribution in [0.25, 0.3) is 0 Å². The molecule has 0 amide bonds. The highest BCUT2D eigenvalue weighted by atomic mass is 32.2. The maximum Gasteiger partial charge on any atom is 0.200 e. The number of nitrogens with two attached hydrogens (primary N) is 1. The minimum Gasteiger partial charge on any atom is -0.369 e. The SMILES string of the molecule is Cc1ccc(Sc2ccccc2CCn2ccnc2N)cc1. The molecule has 0 aliphatic rings. The van der Waals surface area contributed by atoms with E-state index in [9.17, 15) is 0 Å². The molecule has 1 heterocycles. The maximum atomic E-state index is 5.83. The summed E-state index contributed by atoms with van der Waals surface area (Å²) in [5.41, 5.74) is 8.45. The topological polar surface area (TPSA) is 43.8 Å². The number of imidazole rings is 1. The molecule has 0 saturated carbocycles. The summed E-state index contributed by atoms with van der Waals surface area (Å²) in [6.07, 6.45) is 4.60. The molecule has 0 spiro atoms. The summed E-state index contributed by atoms with van der Waals surface area (Å²) < 4.78 is 1.98. The van der Waals surface area contributed by atoms with Crippen LogP contribution in [0.5, 0.6) is 0 Å². The smallest absolute Gasteiger partial charge is 0.200 e. The van der Waals surface area contributed by atoms with E-state index in [1.807, 2.05) is 22.5 Å². The largest absolute Gasteiger partial charge is 0.369 e. The normalized spacial score (nSPS) is 10.8. The zero-order valence-corrected chi connectivity index (χ0v) is 13.4. The molecular weight excluding hydrogens is 290 g/mol. The Morgan fingerprint density at radius 2 is 1.86 bits per heavy atom. The second kappa shape index (κ2) is 6.71. The third kappa shape index (κ3) is 3.52. The van der Waals surface area contributed by atoms with Crippen LogP contribution in [0.2, 0.25) is 0 Å². The van der Waals surface area contributed by atoms with Gasteiger partial charge in [0.2, 0.25) is 0 Å². The third-order valence-corrected chi connectivity index (χ3v) is 4.72. The Balaban J connectivity index is 1.75. The Kier molecular flexibility index (Phi) is 4.49. The Hall–Kier alpha value is -2.20. The lowest BCUT2D eigenvalue weighted by Gasteiger charge is -2.10. The van der Waals surface area contributed by atoms with E-state index in [0.717, 1.165) is 13.0 Å². The van der Waals surface area contributed by atoms with E-state index >= 15 is 0 Å². The highest BCUT2D eigenvalue weighted by molar-refractivity contribution is 7.99. The molecule has 22 heavy (non-hydrogen) atoms. The predicted octanol–water partition coefficient (Wildman–Crippen LogP) is 4.17. The Bertz CT molecular complexity index is 747.